The van der Waals surface area contributed by atoms with Gasteiger partial charge in [0, 0.05) is 18.7 Å². The van der Waals surface area contributed by atoms with Crippen molar-refractivity contribution in [3.8, 4) is 16.9 Å². The number of aryl methyl sites for hydroxylation is 3. The van der Waals surface area contributed by atoms with Crippen molar-refractivity contribution in [3.05, 3.63) is 70.9 Å². The summed E-state index contributed by atoms with van der Waals surface area (Å²) in [7, 11) is 0. The lowest BCUT2D eigenvalue weighted by Gasteiger charge is -2.26. The molecule has 3 aromatic rings. The molecule has 1 fully saturated rings. The third-order valence-corrected chi connectivity index (χ3v) is 6.19. The summed E-state index contributed by atoms with van der Waals surface area (Å²) in [5.41, 5.74) is 6.93. The Bertz CT molecular complexity index is 1050. The van der Waals surface area contributed by atoms with Crippen LogP contribution in [-0.4, -0.2) is 46.8 Å². The van der Waals surface area contributed by atoms with E-state index >= 15 is 0 Å². The molecule has 5 nitrogen and oxygen atoms in total. The molecule has 1 aliphatic heterocycles. The van der Waals surface area contributed by atoms with Gasteiger partial charge in [-0.25, -0.2) is 4.68 Å². The molecule has 1 aromatic heterocycles. The van der Waals surface area contributed by atoms with Gasteiger partial charge in [0.05, 0.1) is 11.4 Å². The van der Waals surface area contributed by atoms with Gasteiger partial charge in [-0.05, 0) is 82.1 Å². The van der Waals surface area contributed by atoms with Gasteiger partial charge in [0.15, 0.2) is 0 Å². The lowest BCUT2D eigenvalue weighted by Crippen LogP contribution is -2.38. The fourth-order valence-electron chi connectivity index (χ4n) is 4.07. The Morgan fingerprint density at radius 3 is 2.39 bits per heavy atom. The number of carbonyl (C=O) groups is 1. The van der Waals surface area contributed by atoms with Gasteiger partial charge in [0.25, 0.3) is 5.91 Å². The zero-order valence-corrected chi connectivity index (χ0v) is 18.8. The lowest BCUT2D eigenvalue weighted by molar-refractivity contribution is 0.0939. The summed E-state index contributed by atoms with van der Waals surface area (Å²) >= 11 is 0. The van der Waals surface area contributed by atoms with Gasteiger partial charge in [-0.3, -0.25) is 4.79 Å². The van der Waals surface area contributed by atoms with Crippen LogP contribution in [0.15, 0.2) is 48.5 Å². The zero-order chi connectivity index (χ0) is 21.8. The number of hydrogen-bond acceptors (Lipinski definition) is 3. The van der Waals surface area contributed by atoms with Gasteiger partial charge in [-0.15, -0.1) is 0 Å². The van der Waals surface area contributed by atoms with Gasteiger partial charge in [-0.2, -0.15) is 5.10 Å². The second-order valence-corrected chi connectivity index (χ2v) is 8.62. The molecule has 0 unspecified atom stereocenters. The van der Waals surface area contributed by atoms with Crippen molar-refractivity contribution in [2.45, 2.75) is 40.0 Å². The van der Waals surface area contributed by atoms with Crippen molar-refractivity contribution < 1.29 is 4.79 Å². The monoisotopic (exact) mass is 416 g/mol. The Labute approximate surface area is 185 Å². The number of nitrogens with zero attached hydrogens (tertiary/aromatic N) is 3. The van der Waals surface area contributed by atoms with E-state index in [9.17, 15) is 4.79 Å². The SMILES string of the molecule is Cc1ccc(-n2nc(-c3ccc(C)c(C)c3)cc2C(=O)NCCN2CCCCC2)cc1. The van der Waals surface area contributed by atoms with E-state index in [0.717, 1.165) is 36.6 Å². The Hall–Kier alpha value is -2.92. The number of carbonyl (C=O) groups excluding carboxylic acids is 1. The number of hydrogen-bond donors (Lipinski definition) is 1. The van der Waals surface area contributed by atoms with Crippen LogP contribution in [0, 0.1) is 20.8 Å². The molecule has 1 aliphatic rings. The molecule has 0 spiro atoms. The maximum Gasteiger partial charge on any atom is 0.270 e. The maximum absolute atomic E-state index is 13.1. The first-order valence-corrected chi connectivity index (χ1v) is 11.3. The summed E-state index contributed by atoms with van der Waals surface area (Å²) in [6.07, 6.45) is 3.83. The second kappa shape index (κ2) is 9.48. The highest BCUT2D eigenvalue weighted by Gasteiger charge is 2.18. The Morgan fingerprint density at radius 1 is 0.935 bits per heavy atom. The van der Waals surface area contributed by atoms with Gasteiger partial charge in [0.2, 0.25) is 0 Å². The number of amides is 1. The van der Waals surface area contributed by atoms with Crippen molar-refractivity contribution in [2.75, 3.05) is 26.2 Å². The maximum atomic E-state index is 13.1. The third kappa shape index (κ3) is 5.05. The number of rotatable bonds is 6. The Kier molecular flexibility index (Phi) is 6.52. The van der Waals surface area contributed by atoms with E-state index in [1.54, 1.807) is 4.68 Å². The Morgan fingerprint density at radius 2 is 1.68 bits per heavy atom. The molecule has 0 radical (unpaired) electrons. The third-order valence-electron chi connectivity index (χ3n) is 6.19. The van der Waals surface area contributed by atoms with Crippen LogP contribution >= 0.6 is 0 Å². The minimum atomic E-state index is -0.0832. The van der Waals surface area contributed by atoms with Gasteiger partial charge in [-0.1, -0.05) is 36.2 Å². The molecule has 2 heterocycles. The van der Waals surface area contributed by atoms with E-state index in [4.69, 9.17) is 5.10 Å². The Balaban J connectivity index is 1.59. The molecule has 0 aliphatic carbocycles. The van der Waals surface area contributed by atoms with Crippen LogP contribution < -0.4 is 5.32 Å². The van der Waals surface area contributed by atoms with Gasteiger partial charge < -0.3 is 10.2 Å². The topological polar surface area (TPSA) is 50.2 Å². The summed E-state index contributed by atoms with van der Waals surface area (Å²) in [5.74, 6) is -0.0832. The highest BCUT2D eigenvalue weighted by Crippen LogP contribution is 2.24. The molecular formula is C26H32N4O. The molecule has 2 aromatic carbocycles. The molecule has 0 bridgehead atoms. The van der Waals surface area contributed by atoms with Crippen molar-refractivity contribution in [1.82, 2.24) is 20.0 Å². The van der Waals surface area contributed by atoms with Crippen LogP contribution in [0.3, 0.4) is 0 Å². The molecule has 31 heavy (non-hydrogen) atoms. The zero-order valence-electron chi connectivity index (χ0n) is 18.8. The summed E-state index contributed by atoms with van der Waals surface area (Å²) in [5, 5.41) is 7.93. The van der Waals surface area contributed by atoms with Crippen LogP contribution in [-0.2, 0) is 0 Å². The quantitative estimate of drug-likeness (QED) is 0.635. The van der Waals surface area contributed by atoms with Crippen LogP contribution in [0.1, 0.15) is 46.4 Å². The highest BCUT2D eigenvalue weighted by molar-refractivity contribution is 5.94. The fourth-order valence-corrected chi connectivity index (χ4v) is 4.07. The molecule has 0 atom stereocenters. The lowest BCUT2D eigenvalue weighted by atomic mass is 10.0. The van der Waals surface area contributed by atoms with Crippen LogP contribution in [0.5, 0.6) is 0 Å². The first-order chi connectivity index (χ1) is 15.0. The van der Waals surface area contributed by atoms with Gasteiger partial charge >= 0.3 is 0 Å². The highest BCUT2D eigenvalue weighted by atomic mass is 16.2. The van der Waals surface area contributed by atoms with E-state index in [2.05, 4.69) is 49.2 Å². The predicted molar refractivity (Wildman–Crippen MR) is 126 cm³/mol. The van der Waals surface area contributed by atoms with E-state index in [1.165, 1.54) is 36.0 Å². The van der Waals surface area contributed by atoms with Crippen molar-refractivity contribution in [1.29, 1.82) is 0 Å². The fraction of sp³-hybridized carbons (Fsp3) is 0.385. The number of nitrogens with one attached hydrogen (secondary N) is 1. The molecule has 1 N–H and O–H groups in total. The van der Waals surface area contributed by atoms with E-state index in [1.807, 2.05) is 30.3 Å². The van der Waals surface area contributed by atoms with Crippen molar-refractivity contribution >= 4 is 5.91 Å². The predicted octanol–water partition coefficient (Wildman–Crippen LogP) is 4.68. The largest absolute Gasteiger partial charge is 0.349 e. The van der Waals surface area contributed by atoms with Crippen LogP contribution in [0.2, 0.25) is 0 Å². The minimum Gasteiger partial charge on any atom is -0.349 e. The molecular weight excluding hydrogens is 384 g/mol. The van der Waals surface area contributed by atoms with Crippen molar-refractivity contribution in [2.24, 2.45) is 0 Å². The average molecular weight is 417 g/mol. The number of benzene rings is 2. The van der Waals surface area contributed by atoms with Crippen molar-refractivity contribution in [3.63, 3.8) is 0 Å². The van der Waals surface area contributed by atoms with Crippen LogP contribution in [0.4, 0.5) is 0 Å². The number of piperidine rings is 1. The van der Waals surface area contributed by atoms with Crippen LogP contribution in [0.25, 0.3) is 16.9 Å². The molecule has 1 amide bonds. The number of likely N-dealkylation sites (tertiary alicyclic amines) is 1. The van der Waals surface area contributed by atoms with E-state index in [0.29, 0.717) is 12.2 Å². The molecule has 0 saturated carbocycles. The van der Waals surface area contributed by atoms with E-state index in [-0.39, 0.29) is 5.91 Å². The second-order valence-electron chi connectivity index (χ2n) is 8.62. The molecule has 162 valence electrons. The summed E-state index contributed by atoms with van der Waals surface area (Å²) in [6.45, 7) is 10.1. The van der Waals surface area contributed by atoms with Gasteiger partial charge in [0.1, 0.15) is 5.69 Å². The standard InChI is InChI=1S/C26H32N4O/c1-19-7-11-23(12-8-19)30-25(26(31)27-13-16-29-14-5-4-6-15-29)18-24(28-30)22-10-9-20(2)21(3)17-22/h7-12,17-18H,4-6,13-16H2,1-3H3,(H,27,31). The molecule has 5 heteroatoms. The first kappa shape index (κ1) is 21.3. The molecule has 4 rings (SSSR count). The summed E-state index contributed by atoms with van der Waals surface area (Å²) < 4.78 is 1.76. The van der Waals surface area contributed by atoms with E-state index < -0.39 is 0 Å². The summed E-state index contributed by atoms with van der Waals surface area (Å²) in [6, 6.07) is 16.3. The average Bonchev–Trinajstić information content (AvgIpc) is 3.22. The molecule has 1 saturated heterocycles. The summed E-state index contributed by atoms with van der Waals surface area (Å²) in [4.78, 5) is 15.6. The number of aromatic nitrogens is 2. The first-order valence-electron chi connectivity index (χ1n) is 11.3. The minimum absolute atomic E-state index is 0.0832. The smallest absolute Gasteiger partial charge is 0.270 e. The normalized spacial score (nSPS) is 14.5.